The van der Waals surface area contributed by atoms with E-state index >= 15 is 0 Å². The Morgan fingerprint density at radius 3 is 2.32 bits per heavy atom. The molecule has 0 saturated carbocycles. The molecule has 0 radical (unpaired) electrons. The molecule has 4 aromatic rings. The molecular weight excluding hydrogens is 441 g/mol. The van der Waals surface area contributed by atoms with Crippen LogP contribution in [-0.2, 0) is 37.0 Å². The van der Waals surface area contributed by atoms with Crippen molar-refractivity contribution in [2.75, 3.05) is 6.54 Å². The number of halogens is 3. The summed E-state index contributed by atoms with van der Waals surface area (Å²) in [6.45, 7) is 1.56. The lowest BCUT2D eigenvalue weighted by Gasteiger charge is -2.28. The van der Waals surface area contributed by atoms with E-state index in [1.54, 1.807) is 4.90 Å². The van der Waals surface area contributed by atoms with Gasteiger partial charge in [-0.15, -0.1) is 0 Å². The van der Waals surface area contributed by atoms with Gasteiger partial charge in [0.15, 0.2) is 0 Å². The fraction of sp³-hybridized carbons (Fsp3) is 0.222. The van der Waals surface area contributed by atoms with Gasteiger partial charge in [0, 0.05) is 29.7 Å². The van der Waals surface area contributed by atoms with E-state index in [1.165, 1.54) is 17.7 Å². The number of hydrogen-bond acceptors (Lipinski definition) is 2. The van der Waals surface area contributed by atoms with Crippen LogP contribution in [0.5, 0.6) is 0 Å². The first-order valence-corrected chi connectivity index (χ1v) is 11.1. The molecule has 0 aliphatic carbocycles. The lowest BCUT2D eigenvalue weighted by Crippen LogP contribution is -2.37. The van der Waals surface area contributed by atoms with Crippen LogP contribution in [0.15, 0.2) is 78.9 Å². The molecule has 0 saturated heterocycles. The minimum absolute atomic E-state index is 0.206. The maximum atomic E-state index is 13.0. The number of benzene rings is 3. The molecule has 0 unspecified atom stereocenters. The summed E-state index contributed by atoms with van der Waals surface area (Å²) in [5.74, 6) is 0. The van der Waals surface area contributed by atoms with E-state index in [1.807, 2.05) is 48.5 Å². The summed E-state index contributed by atoms with van der Waals surface area (Å²) in [6, 6.07) is 22.8. The maximum Gasteiger partial charge on any atom is 0.416 e. The van der Waals surface area contributed by atoms with Crippen molar-refractivity contribution in [1.82, 2.24) is 9.47 Å². The van der Waals surface area contributed by atoms with E-state index < -0.39 is 11.7 Å². The maximum absolute atomic E-state index is 13.0. The number of nitrogens with zero attached hydrogens (tertiary/aromatic N) is 2. The van der Waals surface area contributed by atoms with Crippen molar-refractivity contribution >= 4 is 17.0 Å². The number of fused-ring (bicyclic) bond motifs is 3. The highest BCUT2D eigenvalue weighted by Crippen LogP contribution is 2.33. The zero-order chi connectivity index (χ0) is 23.7. The lowest BCUT2D eigenvalue weighted by atomic mass is 10.0. The SMILES string of the molecule is O=C(OCc1ccccc1)N1CCc2c(n(Cc3ccc(C(F)(F)F)cc3)c3ccccc23)C1. The Morgan fingerprint density at radius 2 is 1.59 bits per heavy atom. The molecule has 1 aromatic heterocycles. The smallest absolute Gasteiger partial charge is 0.416 e. The van der Waals surface area contributed by atoms with Gasteiger partial charge < -0.3 is 14.2 Å². The first kappa shape index (κ1) is 22.1. The minimum atomic E-state index is -4.36. The number of carbonyl (C=O) groups is 1. The average Bonchev–Trinajstić information content (AvgIpc) is 3.16. The third-order valence-electron chi connectivity index (χ3n) is 6.25. The minimum Gasteiger partial charge on any atom is -0.445 e. The van der Waals surface area contributed by atoms with Crippen molar-refractivity contribution in [3.05, 3.63) is 107 Å². The molecule has 34 heavy (non-hydrogen) atoms. The van der Waals surface area contributed by atoms with Crippen LogP contribution in [0.1, 0.15) is 27.9 Å². The average molecular weight is 464 g/mol. The van der Waals surface area contributed by atoms with Gasteiger partial charge in [-0.3, -0.25) is 0 Å². The Labute approximate surface area is 195 Å². The number of aromatic nitrogens is 1. The van der Waals surface area contributed by atoms with Crippen LogP contribution in [0.3, 0.4) is 0 Å². The fourth-order valence-electron chi connectivity index (χ4n) is 4.52. The van der Waals surface area contributed by atoms with Crippen molar-refractivity contribution in [2.24, 2.45) is 0 Å². The molecule has 5 rings (SSSR count). The molecule has 0 spiro atoms. The van der Waals surface area contributed by atoms with E-state index in [0.29, 0.717) is 26.1 Å². The molecule has 3 aromatic carbocycles. The third-order valence-corrected chi connectivity index (χ3v) is 6.25. The summed E-state index contributed by atoms with van der Waals surface area (Å²) >= 11 is 0. The van der Waals surface area contributed by atoms with E-state index in [4.69, 9.17) is 4.74 Å². The Bertz CT molecular complexity index is 1310. The highest BCUT2D eigenvalue weighted by molar-refractivity contribution is 5.86. The van der Waals surface area contributed by atoms with E-state index in [2.05, 4.69) is 10.6 Å². The predicted molar refractivity (Wildman–Crippen MR) is 123 cm³/mol. The standard InChI is InChI=1S/C27H23F3N2O2/c28-27(29,30)21-12-10-19(11-13-21)16-32-24-9-5-4-8-22(24)23-14-15-31(17-25(23)32)26(33)34-18-20-6-2-1-3-7-20/h1-13H,14-18H2. The Morgan fingerprint density at radius 1 is 0.882 bits per heavy atom. The molecule has 1 aliphatic rings. The normalized spacial score (nSPS) is 13.7. The first-order chi connectivity index (χ1) is 16.4. The van der Waals surface area contributed by atoms with Gasteiger partial charge in [0.25, 0.3) is 0 Å². The summed E-state index contributed by atoms with van der Waals surface area (Å²) in [5, 5.41) is 1.11. The largest absolute Gasteiger partial charge is 0.445 e. The Hall–Kier alpha value is -3.74. The van der Waals surface area contributed by atoms with E-state index in [0.717, 1.165) is 39.9 Å². The first-order valence-electron chi connectivity index (χ1n) is 11.1. The molecule has 0 bridgehead atoms. The summed E-state index contributed by atoms with van der Waals surface area (Å²) in [7, 11) is 0. The number of hydrogen-bond donors (Lipinski definition) is 0. The summed E-state index contributed by atoms with van der Waals surface area (Å²) in [6.07, 6.45) is -4.05. The molecule has 1 amide bonds. The van der Waals surface area contributed by atoms with Gasteiger partial charge in [0.1, 0.15) is 6.61 Å². The van der Waals surface area contributed by atoms with Gasteiger partial charge in [-0.1, -0.05) is 60.7 Å². The summed E-state index contributed by atoms with van der Waals surface area (Å²) < 4.78 is 46.5. The van der Waals surface area contributed by atoms with Crippen LogP contribution in [0.4, 0.5) is 18.0 Å². The molecule has 0 atom stereocenters. The van der Waals surface area contributed by atoms with Crippen LogP contribution in [-0.4, -0.2) is 22.1 Å². The fourth-order valence-corrected chi connectivity index (χ4v) is 4.52. The van der Waals surface area contributed by atoms with Crippen molar-refractivity contribution in [3.8, 4) is 0 Å². The highest BCUT2D eigenvalue weighted by Gasteiger charge is 2.30. The van der Waals surface area contributed by atoms with Crippen molar-refractivity contribution in [2.45, 2.75) is 32.3 Å². The van der Waals surface area contributed by atoms with Crippen LogP contribution in [0.2, 0.25) is 0 Å². The molecule has 2 heterocycles. The third kappa shape index (κ3) is 4.38. The van der Waals surface area contributed by atoms with Crippen LogP contribution in [0, 0.1) is 0 Å². The Balaban J connectivity index is 1.40. The van der Waals surface area contributed by atoms with Gasteiger partial charge in [-0.2, -0.15) is 13.2 Å². The number of carbonyl (C=O) groups excluding carboxylic acids is 1. The molecule has 0 N–H and O–H groups in total. The second kappa shape index (κ2) is 8.89. The zero-order valence-corrected chi connectivity index (χ0v) is 18.4. The lowest BCUT2D eigenvalue weighted by molar-refractivity contribution is -0.137. The van der Waals surface area contributed by atoms with Crippen molar-refractivity contribution in [1.29, 1.82) is 0 Å². The molecule has 1 aliphatic heterocycles. The van der Waals surface area contributed by atoms with Gasteiger partial charge >= 0.3 is 12.3 Å². The predicted octanol–water partition coefficient (Wildman–Crippen LogP) is 6.40. The second-order valence-electron chi connectivity index (χ2n) is 8.43. The summed E-state index contributed by atoms with van der Waals surface area (Å²) in [5.41, 5.74) is 4.19. The molecular formula is C27H23F3N2O2. The molecule has 0 fully saturated rings. The highest BCUT2D eigenvalue weighted by atomic mass is 19.4. The zero-order valence-electron chi connectivity index (χ0n) is 18.4. The van der Waals surface area contributed by atoms with E-state index in [9.17, 15) is 18.0 Å². The second-order valence-corrected chi connectivity index (χ2v) is 8.43. The monoisotopic (exact) mass is 464 g/mol. The van der Waals surface area contributed by atoms with Crippen LogP contribution >= 0.6 is 0 Å². The van der Waals surface area contributed by atoms with Crippen molar-refractivity contribution < 1.29 is 22.7 Å². The number of para-hydroxylation sites is 1. The molecule has 174 valence electrons. The van der Waals surface area contributed by atoms with E-state index in [-0.39, 0.29) is 12.7 Å². The number of alkyl halides is 3. The van der Waals surface area contributed by atoms with Crippen LogP contribution in [0.25, 0.3) is 10.9 Å². The topological polar surface area (TPSA) is 34.5 Å². The Kier molecular flexibility index (Phi) is 5.77. The number of amides is 1. The van der Waals surface area contributed by atoms with Crippen LogP contribution < -0.4 is 0 Å². The number of ether oxygens (including phenoxy) is 1. The van der Waals surface area contributed by atoms with Gasteiger partial charge in [-0.05, 0) is 41.3 Å². The summed E-state index contributed by atoms with van der Waals surface area (Å²) in [4.78, 5) is 14.5. The van der Waals surface area contributed by atoms with Gasteiger partial charge in [0.2, 0.25) is 0 Å². The van der Waals surface area contributed by atoms with Crippen molar-refractivity contribution in [3.63, 3.8) is 0 Å². The molecule has 4 nitrogen and oxygen atoms in total. The quantitative estimate of drug-likeness (QED) is 0.350. The number of rotatable bonds is 4. The van der Waals surface area contributed by atoms with Gasteiger partial charge in [0.05, 0.1) is 12.1 Å². The molecule has 7 heteroatoms. The van der Waals surface area contributed by atoms with Gasteiger partial charge in [-0.25, -0.2) is 4.79 Å².